The summed E-state index contributed by atoms with van der Waals surface area (Å²) in [6.07, 6.45) is -2.91. The Balaban J connectivity index is 1.68. The molecular formula is C21H23N3O10. The fourth-order valence-corrected chi connectivity index (χ4v) is 3.21. The molecule has 3 atom stereocenters. The first kappa shape index (κ1) is 24.7. The third kappa shape index (κ3) is 5.88. The summed E-state index contributed by atoms with van der Waals surface area (Å²) in [6.45, 7) is 2.76. The monoisotopic (exact) mass is 477 g/mol. The van der Waals surface area contributed by atoms with E-state index in [2.05, 4.69) is 15.3 Å². The van der Waals surface area contributed by atoms with Gasteiger partial charge in [-0.2, -0.15) is 10.5 Å². The number of carboxylic acid groups (broad SMARTS) is 1. The lowest BCUT2D eigenvalue weighted by molar-refractivity contribution is -0.0521. The van der Waals surface area contributed by atoms with Gasteiger partial charge in [0, 0.05) is 18.7 Å². The third-order valence-electron chi connectivity index (χ3n) is 4.71. The lowest BCUT2D eigenvalue weighted by Gasteiger charge is -2.17. The van der Waals surface area contributed by atoms with Gasteiger partial charge in [-0.15, -0.1) is 0 Å². The molecule has 0 spiro atoms. The summed E-state index contributed by atoms with van der Waals surface area (Å²) in [6, 6.07) is 6.88. The van der Waals surface area contributed by atoms with Crippen molar-refractivity contribution in [3.8, 4) is 0 Å². The van der Waals surface area contributed by atoms with Gasteiger partial charge in [-0.3, -0.25) is 4.57 Å². The third-order valence-corrected chi connectivity index (χ3v) is 4.71. The molecule has 1 saturated heterocycles. The minimum Gasteiger partial charge on any atom is -0.478 e. The van der Waals surface area contributed by atoms with Crippen LogP contribution in [-0.2, 0) is 19.0 Å². The first-order valence-electron chi connectivity index (χ1n) is 10.2. The number of carbonyl (C=O) groups is 3. The number of aliphatic hydroxyl groups is 1. The number of aliphatic hydroxyl groups excluding tert-OH is 1. The number of nitrogens with zero attached hydrogens (tertiary/aromatic N) is 2. The van der Waals surface area contributed by atoms with Crippen LogP contribution in [0.1, 0.15) is 47.2 Å². The number of aromatic nitrogens is 2. The Kier molecular flexibility index (Phi) is 7.81. The van der Waals surface area contributed by atoms with Crippen LogP contribution in [0, 0.1) is 0 Å². The number of hydrogen-bond donors (Lipinski definition) is 3. The Hall–Kier alpha value is -3.97. The smallest absolute Gasteiger partial charge is 0.478 e. The van der Waals surface area contributed by atoms with E-state index in [0.29, 0.717) is 0 Å². The van der Waals surface area contributed by atoms with Crippen LogP contribution in [0.2, 0.25) is 0 Å². The van der Waals surface area contributed by atoms with Gasteiger partial charge < -0.3 is 29.3 Å². The van der Waals surface area contributed by atoms with Crippen molar-refractivity contribution < 1.29 is 43.6 Å². The SMILES string of the molecule is CC(C)OC(=O)ONc1ccn([C@H]2C[C@H](OC(=O)c3ccccc3C(=O)O)[C@@H](CO)O2)c(=O)n1. The lowest BCUT2D eigenvalue weighted by atomic mass is 10.1. The molecule has 3 N–H and O–H groups in total. The molecule has 1 aromatic carbocycles. The molecule has 13 heteroatoms. The van der Waals surface area contributed by atoms with E-state index in [-0.39, 0.29) is 23.4 Å². The first-order valence-corrected chi connectivity index (χ1v) is 10.2. The van der Waals surface area contributed by atoms with E-state index >= 15 is 0 Å². The van der Waals surface area contributed by atoms with Crippen LogP contribution in [0.15, 0.2) is 41.3 Å². The van der Waals surface area contributed by atoms with Gasteiger partial charge in [-0.25, -0.2) is 19.2 Å². The molecule has 1 aromatic heterocycles. The molecule has 34 heavy (non-hydrogen) atoms. The highest BCUT2D eigenvalue weighted by Crippen LogP contribution is 2.30. The minimum absolute atomic E-state index is 0.00220. The van der Waals surface area contributed by atoms with Crippen molar-refractivity contribution in [1.29, 1.82) is 0 Å². The van der Waals surface area contributed by atoms with Crippen molar-refractivity contribution in [2.45, 2.75) is 44.8 Å². The number of carbonyl (C=O) groups excluding carboxylic acids is 2. The van der Waals surface area contributed by atoms with Gasteiger partial charge in [0.1, 0.15) is 18.4 Å². The minimum atomic E-state index is -1.29. The molecule has 0 radical (unpaired) electrons. The molecule has 2 aromatic rings. The van der Waals surface area contributed by atoms with E-state index < -0.39 is 54.9 Å². The fraction of sp³-hybridized carbons (Fsp3) is 0.381. The van der Waals surface area contributed by atoms with Crippen LogP contribution in [0.5, 0.6) is 0 Å². The average Bonchev–Trinajstić information content (AvgIpc) is 3.19. The maximum Gasteiger partial charge on any atom is 0.533 e. The molecule has 0 unspecified atom stereocenters. The van der Waals surface area contributed by atoms with E-state index in [4.69, 9.17) is 14.2 Å². The summed E-state index contributed by atoms with van der Waals surface area (Å²) in [5.41, 5.74) is 1.05. The quantitative estimate of drug-likeness (QED) is 0.368. The standard InChI is InChI=1S/C21H23N3O10/c1-11(2)31-21(30)34-23-16-7-8-24(20(29)22-16)17-9-14(15(10-25)32-17)33-19(28)13-6-4-3-5-12(13)18(26)27/h3-8,11,14-15,17,25H,9-10H2,1-2H3,(H,26,27)(H,22,23,29)/t14-,15+,17+/m0/s1. The molecule has 2 heterocycles. The van der Waals surface area contributed by atoms with Gasteiger partial charge in [-0.1, -0.05) is 12.1 Å². The second-order valence-corrected chi connectivity index (χ2v) is 7.47. The molecule has 0 aliphatic carbocycles. The van der Waals surface area contributed by atoms with Gasteiger partial charge in [0.2, 0.25) is 0 Å². The van der Waals surface area contributed by atoms with Crippen LogP contribution in [0.25, 0.3) is 0 Å². The maximum absolute atomic E-state index is 12.6. The van der Waals surface area contributed by atoms with Gasteiger partial charge >= 0.3 is 23.8 Å². The summed E-state index contributed by atoms with van der Waals surface area (Å²) < 4.78 is 16.9. The van der Waals surface area contributed by atoms with Crippen molar-refractivity contribution in [2.24, 2.45) is 0 Å². The summed E-state index contributed by atoms with van der Waals surface area (Å²) >= 11 is 0. The van der Waals surface area contributed by atoms with Crippen molar-refractivity contribution in [3.05, 3.63) is 58.1 Å². The zero-order valence-corrected chi connectivity index (χ0v) is 18.2. The molecule has 1 aliphatic rings. The van der Waals surface area contributed by atoms with Gasteiger partial charge in [0.05, 0.1) is 23.8 Å². The molecule has 13 nitrogen and oxygen atoms in total. The number of rotatable bonds is 8. The first-order chi connectivity index (χ1) is 16.2. The Bertz CT molecular complexity index is 1120. The molecule has 3 rings (SSSR count). The number of carboxylic acids is 1. The second-order valence-electron chi connectivity index (χ2n) is 7.47. The summed E-state index contributed by atoms with van der Waals surface area (Å²) in [7, 11) is 0. The van der Waals surface area contributed by atoms with Crippen LogP contribution < -0.4 is 11.2 Å². The topological polar surface area (TPSA) is 176 Å². The Labute approximate surface area is 192 Å². The zero-order chi connectivity index (χ0) is 24.8. The van der Waals surface area contributed by atoms with Gasteiger partial charge in [0.15, 0.2) is 5.82 Å². The van der Waals surface area contributed by atoms with Crippen LogP contribution >= 0.6 is 0 Å². The maximum atomic E-state index is 12.6. The highest BCUT2D eigenvalue weighted by atomic mass is 16.8. The number of benzene rings is 1. The highest BCUT2D eigenvalue weighted by molar-refractivity contribution is 6.02. The summed E-state index contributed by atoms with van der Waals surface area (Å²) in [5, 5.41) is 18.9. The van der Waals surface area contributed by atoms with Crippen LogP contribution in [0.4, 0.5) is 10.6 Å². The fourth-order valence-electron chi connectivity index (χ4n) is 3.21. The average molecular weight is 477 g/mol. The van der Waals surface area contributed by atoms with Crippen LogP contribution in [0.3, 0.4) is 0 Å². The number of esters is 1. The molecule has 1 aliphatic heterocycles. The van der Waals surface area contributed by atoms with Crippen LogP contribution in [-0.4, -0.2) is 62.8 Å². The van der Waals surface area contributed by atoms with E-state index in [1.807, 2.05) is 0 Å². The van der Waals surface area contributed by atoms with Crippen molar-refractivity contribution in [3.63, 3.8) is 0 Å². The molecular weight excluding hydrogens is 454 g/mol. The molecule has 0 bridgehead atoms. The van der Waals surface area contributed by atoms with Gasteiger partial charge in [-0.05, 0) is 26.0 Å². The predicted molar refractivity (Wildman–Crippen MR) is 113 cm³/mol. The number of hydrogen-bond acceptors (Lipinski definition) is 11. The number of nitrogens with one attached hydrogen (secondary N) is 1. The zero-order valence-electron chi connectivity index (χ0n) is 18.2. The van der Waals surface area contributed by atoms with Gasteiger partial charge in [0.25, 0.3) is 0 Å². The normalized spacial score (nSPS) is 19.5. The largest absolute Gasteiger partial charge is 0.533 e. The highest BCUT2D eigenvalue weighted by Gasteiger charge is 2.39. The number of anilines is 1. The van der Waals surface area contributed by atoms with E-state index in [1.54, 1.807) is 13.8 Å². The number of aromatic carboxylic acids is 1. The molecule has 1 fully saturated rings. The molecule has 0 saturated carbocycles. The molecule has 0 amide bonds. The van der Waals surface area contributed by atoms with E-state index in [0.717, 1.165) is 4.57 Å². The Morgan fingerprint density at radius 2 is 1.94 bits per heavy atom. The van der Waals surface area contributed by atoms with Crippen molar-refractivity contribution in [2.75, 3.05) is 12.1 Å². The van der Waals surface area contributed by atoms with Crippen molar-refractivity contribution >= 4 is 23.9 Å². The van der Waals surface area contributed by atoms with Crippen molar-refractivity contribution in [1.82, 2.24) is 9.55 Å². The number of ether oxygens (including phenoxy) is 3. The predicted octanol–water partition coefficient (Wildman–Crippen LogP) is 1.34. The Morgan fingerprint density at radius 3 is 2.56 bits per heavy atom. The second kappa shape index (κ2) is 10.8. The van der Waals surface area contributed by atoms with E-state index in [1.165, 1.54) is 36.5 Å². The lowest BCUT2D eigenvalue weighted by Crippen LogP contribution is -2.30. The Morgan fingerprint density at radius 1 is 1.24 bits per heavy atom. The summed E-state index contributed by atoms with van der Waals surface area (Å²) in [4.78, 5) is 56.1. The van der Waals surface area contributed by atoms with E-state index in [9.17, 15) is 29.4 Å². The molecule has 182 valence electrons. The summed E-state index contributed by atoms with van der Waals surface area (Å²) in [5.74, 6) is -2.26.